The quantitative estimate of drug-likeness (QED) is 0.255. The van der Waals surface area contributed by atoms with Crippen molar-refractivity contribution >= 4 is 23.9 Å². The predicted octanol–water partition coefficient (Wildman–Crippen LogP) is 1.96. The van der Waals surface area contributed by atoms with E-state index in [2.05, 4.69) is 0 Å². The zero-order valence-corrected chi connectivity index (χ0v) is 16.5. The molecule has 1 heterocycles. The fourth-order valence-electron chi connectivity index (χ4n) is 3.46. The fourth-order valence-corrected chi connectivity index (χ4v) is 3.46. The van der Waals surface area contributed by atoms with Crippen LogP contribution in [0, 0.1) is 10.8 Å². The topological polar surface area (TPSA) is 105 Å². The lowest BCUT2D eigenvalue weighted by molar-refractivity contribution is -0.172. The molecule has 0 unspecified atom stereocenters. The van der Waals surface area contributed by atoms with Gasteiger partial charge < -0.3 is 18.9 Å². The molecule has 0 saturated carbocycles. The summed E-state index contributed by atoms with van der Waals surface area (Å²) in [5.74, 6) is -2.63. The van der Waals surface area contributed by atoms with Gasteiger partial charge in [-0.05, 0) is 50.0 Å². The Balaban J connectivity index is 1.71. The lowest BCUT2D eigenvalue weighted by Crippen LogP contribution is -2.40. The highest BCUT2D eigenvalue weighted by atomic mass is 16.6. The Labute approximate surface area is 174 Å². The Hall–Kier alpha value is -3.16. The average Bonchev–Trinajstić information content (AvgIpc) is 3.43. The van der Waals surface area contributed by atoms with Crippen LogP contribution in [0.3, 0.4) is 0 Å². The molecule has 3 aliphatic rings. The molecule has 1 aliphatic heterocycles. The third kappa shape index (κ3) is 4.37. The van der Waals surface area contributed by atoms with E-state index in [9.17, 15) is 19.2 Å². The van der Waals surface area contributed by atoms with Crippen LogP contribution in [0.4, 0.5) is 0 Å². The lowest BCUT2D eigenvalue weighted by atomic mass is 9.85. The van der Waals surface area contributed by atoms with E-state index in [0.29, 0.717) is 0 Å². The first-order valence-corrected chi connectivity index (χ1v) is 9.80. The van der Waals surface area contributed by atoms with Gasteiger partial charge in [0.15, 0.2) is 10.8 Å². The molecular weight excluding hydrogens is 392 g/mol. The van der Waals surface area contributed by atoms with Crippen molar-refractivity contribution in [3.63, 3.8) is 0 Å². The van der Waals surface area contributed by atoms with Crippen molar-refractivity contribution in [1.29, 1.82) is 0 Å². The Morgan fingerprint density at radius 1 is 0.433 bits per heavy atom. The Morgan fingerprint density at radius 3 is 0.900 bits per heavy atom. The highest BCUT2D eigenvalue weighted by molar-refractivity contribution is 6.01. The number of rotatable bonds is 0. The van der Waals surface area contributed by atoms with Crippen molar-refractivity contribution in [1.82, 2.24) is 0 Å². The third-order valence-electron chi connectivity index (χ3n) is 5.34. The standard InChI is InChI=1S/C22H24O8/c23-17-21(9-1-2-10-21)18(24)28-14-6-8-16-30-20(26)22(11-3-4-12-22)19(25)29-15-7-5-13-27-17/h1-8H,9-16H2. The molecular formula is C22H24O8. The number of carbonyl (C=O) groups excluding carboxylic acids is 4. The van der Waals surface area contributed by atoms with Gasteiger partial charge in [-0.15, -0.1) is 0 Å². The highest BCUT2D eigenvalue weighted by Gasteiger charge is 2.50. The SMILES string of the molecule is O=C1OCC=CCOC(=O)C2(CC=CC2)C(=O)OCC=CCOC(=O)C12CC=CC2. The molecule has 2 aliphatic carbocycles. The van der Waals surface area contributed by atoms with Gasteiger partial charge in [0.2, 0.25) is 0 Å². The summed E-state index contributed by atoms with van der Waals surface area (Å²) in [5, 5.41) is 0. The monoisotopic (exact) mass is 416 g/mol. The molecule has 0 saturated heterocycles. The zero-order chi connectivity index (χ0) is 21.5. The summed E-state index contributed by atoms with van der Waals surface area (Å²) >= 11 is 0. The van der Waals surface area contributed by atoms with Gasteiger partial charge in [-0.25, -0.2) is 0 Å². The molecule has 0 radical (unpaired) electrons. The minimum Gasteiger partial charge on any atom is -0.461 e. The molecule has 0 bridgehead atoms. The normalized spacial score (nSPS) is 24.3. The van der Waals surface area contributed by atoms with E-state index >= 15 is 0 Å². The fraction of sp³-hybridized carbons (Fsp3) is 0.455. The van der Waals surface area contributed by atoms with E-state index in [1.807, 2.05) is 0 Å². The van der Waals surface area contributed by atoms with E-state index in [1.165, 1.54) is 24.3 Å². The molecule has 0 N–H and O–H groups in total. The van der Waals surface area contributed by atoms with Crippen LogP contribution >= 0.6 is 0 Å². The summed E-state index contributed by atoms with van der Waals surface area (Å²) < 4.78 is 20.9. The van der Waals surface area contributed by atoms with Crippen LogP contribution < -0.4 is 0 Å². The molecule has 2 spiro atoms. The van der Waals surface area contributed by atoms with Crippen LogP contribution in [0.15, 0.2) is 48.6 Å². The van der Waals surface area contributed by atoms with Crippen LogP contribution in [0.25, 0.3) is 0 Å². The molecule has 3 rings (SSSR count). The summed E-state index contributed by atoms with van der Waals surface area (Å²) in [5.41, 5.74) is -2.76. The van der Waals surface area contributed by atoms with Crippen LogP contribution in [-0.4, -0.2) is 50.3 Å². The van der Waals surface area contributed by atoms with E-state index in [-0.39, 0.29) is 52.1 Å². The van der Waals surface area contributed by atoms with Crippen molar-refractivity contribution in [2.24, 2.45) is 10.8 Å². The van der Waals surface area contributed by atoms with Crippen LogP contribution in [0.2, 0.25) is 0 Å². The van der Waals surface area contributed by atoms with Crippen LogP contribution in [0.5, 0.6) is 0 Å². The summed E-state index contributed by atoms with van der Waals surface area (Å²) in [4.78, 5) is 50.1. The summed E-state index contributed by atoms with van der Waals surface area (Å²) in [6, 6.07) is 0. The smallest absolute Gasteiger partial charge is 0.324 e. The maximum atomic E-state index is 12.5. The van der Waals surface area contributed by atoms with Gasteiger partial charge in [0.25, 0.3) is 0 Å². The number of ether oxygens (including phenoxy) is 4. The second kappa shape index (κ2) is 9.56. The maximum Gasteiger partial charge on any atom is 0.324 e. The lowest BCUT2D eigenvalue weighted by Gasteiger charge is -2.24. The first-order chi connectivity index (χ1) is 14.5. The van der Waals surface area contributed by atoms with E-state index in [4.69, 9.17) is 18.9 Å². The second-order valence-electron chi connectivity index (χ2n) is 7.26. The first-order valence-electron chi connectivity index (χ1n) is 9.80. The highest BCUT2D eigenvalue weighted by Crippen LogP contribution is 2.37. The Kier molecular flexibility index (Phi) is 6.87. The molecule has 0 aromatic carbocycles. The van der Waals surface area contributed by atoms with Crippen molar-refractivity contribution in [2.75, 3.05) is 26.4 Å². The summed E-state index contributed by atoms with van der Waals surface area (Å²) in [6.45, 7) is -0.333. The molecule has 30 heavy (non-hydrogen) atoms. The van der Waals surface area contributed by atoms with Gasteiger partial charge in [0.05, 0.1) is 0 Å². The van der Waals surface area contributed by atoms with Crippen molar-refractivity contribution in [3.8, 4) is 0 Å². The van der Waals surface area contributed by atoms with Crippen molar-refractivity contribution in [2.45, 2.75) is 25.7 Å². The van der Waals surface area contributed by atoms with Crippen molar-refractivity contribution < 1.29 is 38.1 Å². The number of cyclic esters (lactones) is 4. The van der Waals surface area contributed by atoms with Gasteiger partial charge in [0.1, 0.15) is 26.4 Å². The molecule has 8 heteroatoms. The molecule has 160 valence electrons. The molecule has 8 nitrogen and oxygen atoms in total. The maximum absolute atomic E-state index is 12.5. The van der Waals surface area contributed by atoms with E-state index < -0.39 is 34.7 Å². The van der Waals surface area contributed by atoms with E-state index in [0.717, 1.165) is 0 Å². The number of allylic oxidation sites excluding steroid dienone is 4. The number of carbonyl (C=O) groups is 4. The molecule has 0 atom stereocenters. The number of esters is 4. The first kappa shape index (κ1) is 21.5. The van der Waals surface area contributed by atoms with Gasteiger partial charge >= 0.3 is 23.9 Å². The number of hydrogen-bond donors (Lipinski definition) is 0. The van der Waals surface area contributed by atoms with E-state index in [1.54, 1.807) is 24.3 Å². The Bertz CT molecular complexity index is 685. The minimum atomic E-state index is -1.38. The Morgan fingerprint density at radius 2 is 0.667 bits per heavy atom. The van der Waals surface area contributed by atoms with Gasteiger partial charge in [-0.2, -0.15) is 0 Å². The largest absolute Gasteiger partial charge is 0.461 e. The number of hydrogen-bond acceptors (Lipinski definition) is 8. The van der Waals surface area contributed by atoms with Crippen molar-refractivity contribution in [3.05, 3.63) is 48.6 Å². The molecule has 0 aromatic rings. The third-order valence-corrected chi connectivity index (χ3v) is 5.34. The van der Waals surface area contributed by atoms with Gasteiger partial charge in [-0.1, -0.05) is 24.3 Å². The average molecular weight is 416 g/mol. The van der Waals surface area contributed by atoms with Crippen LogP contribution in [0.1, 0.15) is 25.7 Å². The van der Waals surface area contributed by atoms with Gasteiger partial charge in [-0.3, -0.25) is 19.2 Å². The zero-order valence-electron chi connectivity index (χ0n) is 16.5. The van der Waals surface area contributed by atoms with Gasteiger partial charge in [0, 0.05) is 0 Å². The predicted molar refractivity (Wildman–Crippen MR) is 104 cm³/mol. The summed E-state index contributed by atoms with van der Waals surface area (Å²) in [6.07, 6.45) is 13.9. The van der Waals surface area contributed by atoms with Crippen LogP contribution in [-0.2, 0) is 38.1 Å². The summed E-state index contributed by atoms with van der Waals surface area (Å²) in [7, 11) is 0. The second-order valence-corrected chi connectivity index (χ2v) is 7.26. The molecule has 0 fully saturated rings. The minimum absolute atomic E-state index is 0.0833. The molecule has 0 aromatic heterocycles. The molecule has 0 amide bonds.